The summed E-state index contributed by atoms with van der Waals surface area (Å²) in [6.45, 7) is 4.07. The molecule has 1 N–H and O–H groups in total. The van der Waals surface area contributed by atoms with Crippen molar-refractivity contribution >= 4 is 45.0 Å². The first-order valence-corrected chi connectivity index (χ1v) is 13.1. The molecule has 35 heavy (non-hydrogen) atoms. The van der Waals surface area contributed by atoms with Crippen molar-refractivity contribution in [1.29, 1.82) is 0 Å². The number of thiophene rings is 1. The average molecular weight is 496 g/mol. The lowest BCUT2D eigenvalue weighted by atomic mass is 9.96. The monoisotopic (exact) mass is 495 g/mol. The van der Waals surface area contributed by atoms with Gasteiger partial charge in [0, 0.05) is 36.6 Å². The van der Waals surface area contributed by atoms with E-state index in [4.69, 9.17) is 14.7 Å². The number of nitro benzene ring substituents is 1. The third-order valence-corrected chi connectivity index (χ3v) is 7.97. The predicted octanol–water partition coefficient (Wildman–Crippen LogP) is 4.87. The molecule has 0 bridgehead atoms. The Hall–Kier alpha value is -3.27. The van der Waals surface area contributed by atoms with Gasteiger partial charge in [0.2, 0.25) is 5.95 Å². The van der Waals surface area contributed by atoms with E-state index in [-0.39, 0.29) is 22.5 Å². The number of nitro groups is 1. The Balaban J connectivity index is 1.43. The zero-order chi connectivity index (χ0) is 24.4. The molecule has 3 aromatic rings. The quantitative estimate of drug-likeness (QED) is 0.281. The zero-order valence-electron chi connectivity index (χ0n) is 19.8. The van der Waals surface area contributed by atoms with Gasteiger partial charge in [-0.15, -0.1) is 11.3 Å². The molecule has 1 saturated heterocycles. The smallest absolute Gasteiger partial charge is 0.309 e. The number of anilines is 2. The van der Waals surface area contributed by atoms with Crippen molar-refractivity contribution < 1.29 is 14.5 Å². The summed E-state index contributed by atoms with van der Waals surface area (Å²) in [4.78, 5) is 37.4. The number of hydrogen-bond acceptors (Lipinski definition) is 9. The summed E-state index contributed by atoms with van der Waals surface area (Å²) in [5.74, 6) is 1.26. The molecule has 5 rings (SSSR count). The van der Waals surface area contributed by atoms with E-state index in [0.717, 1.165) is 53.7 Å². The third-order valence-electron chi connectivity index (χ3n) is 6.78. The molecule has 9 nitrogen and oxygen atoms in total. The topological polar surface area (TPSA) is 110 Å². The highest BCUT2D eigenvalue weighted by Crippen LogP contribution is 2.40. The normalized spacial score (nSPS) is 16.2. The van der Waals surface area contributed by atoms with Gasteiger partial charge in [-0.2, -0.15) is 4.98 Å². The molecule has 3 heterocycles. The zero-order valence-corrected chi connectivity index (χ0v) is 20.6. The molecule has 0 saturated carbocycles. The Morgan fingerprint density at radius 3 is 2.83 bits per heavy atom. The van der Waals surface area contributed by atoms with E-state index in [2.05, 4.69) is 10.2 Å². The summed E-state index contributed by atoms with van der Waals surface area (Å²) in [6, 6.07) is 6.67. The highest BCUT2D eigenvalue weighted by Gasteiger charge is 2.29. The van der Waals surface area contributed by atoms with Crippen molar-refractivity contribution in [3.63, 3.8) is 0 Å². The van der Waals surface area contributed by atoms with E-state index in [9.17, 15) is 14.9 Å². The van der Waals surface area contributed by atoms with Gasteiger partial charge in [-0.3, -0.25) is 14.9 Å². The Bertz CT molecular complexity index is 1250. The van der Waals surface area contributed by atoms with Crippen LogP contribution in [0.25, 0.3) is 10.2 Å². The van der Waals surface area contributed by atoms with E-state index in [1.54, 1.807) is 23.5 Å². The standard InChI is InChI=1S/C25H29N5O4S/c1-2-34-24(31)17-10-12-29(13-11-17)25-27-22(26-15-16-6-5-7-18(14-16)30(32)33)21-19-8-3-4-9-20(19)35-23(21)28-25/h5-7,14,17H,2-4,8-13,15H2,1H3,(H,26,27,28). The number of aromatic nitrogens is 2. The molecule has 184 valence electrons. The van der Waals surface area contributed by atoms with Crippen molar-refractivity contribution in [3.05, 3.63) is 50.4 Å². The van der Waals surface area contributed by atoms with Crippen LogP contribution in [0.3, 0.4) is 0 Å². The second kappa shape index (κ2) is 10.2. The number of nitrogens with zero attached hydrogens (tertiary/aromatic N) is 4. The number of aryl methyl sites for hydroxylation is 2. The summed E-state index contributed by atoms with van der Waals surface area (Å²) in [6.07, 6.45) is 5.88. The van der Waals surface area contributed by atoms with Gasteiger partial charge in [0.25, 0.3) is 5.69 Å². The van der Waals surface area contributed by atoms with Gasteiger partial charge in [0.15, 0.2) is 0 Å². The van der Waals surface area contributed by atoms with Gasteiger partial charge in [-0.05, 0) is 56.6 Å². The molecule has 1 aliphatic heterocycles. The molecule has 0 unspecified atom stereocenters. The number of carbonyl (C=O) groups excluding carboxylic acids is 1. The Kier molecular flexibility index (Phi) is 6.81. The van der Waals surface area contributed by atoms with Crippen molar-refractivity contribution in [2.75, 3.05) is 29.9 Å². The average Bonchev–Trinajstić information content (AvgIpc) is 3.26. The van der Waals surface area contributed by atoms with Crippen LogP contribution in [0.5, 0.6) is 0 Å². The van der Waals surface area contributed by atoms with Crippen molar-refractivity contribution in [3.8, 4) is 0 Å². The van der Waals surface area contributed by atoms with Crippen molar-refractivity contribution in [2.24, 2.45) is 5.92 Å². The molecule has 0 spiro atoms. The van der Waals surface area contributed by atoms with Crippen LogP contribution >= 0.6 is 11.3 Å². The van der Waals surface area contributed by atoms with Gasteiger partial charge < -0.3 is 15.0 Å². The van der Waals surface area contributed by atoms with Gasteiger partial charge in [0.05, 0.1) is 22.8 Å². The fraction of sp³-hybridized carbons (Fsp3) is 0.480. The lowest BCUT2D eigenvalue weighted by Gasteiger charge is -2.31. The summed E-state index contributed by atoms with van der Waals surface area (Å²) < 4.78 is 5.20. The number of ether oxygens (including phenoxy) is 1. The number of hydrogen-bond donors (Lipinski definition) is 1. The molecule has 10 heteroatoms. The van der Waals surface area contributed by atoms with E-state index in [1.165, 1.54) is 22.9 Å². The van der Waals surface area contributed by atoms with E-state index in [1.807, 2.05) is 13.0 Å². The number of rotatable bonds is 7. The first kappa shape index (κ1) is 23.5. The van der Waals surface area contributed by atoms with Crippen LogP contribution in [0.15, 0.2) is 24.3 Å². The van der Waals surface area contributed by atoms with Crippen LogP contribution in [0, 0.1) is 16.0 Å². The van der Waals surface area contributed by atoms with Gasteiger partial charge in [-0.1, -0.05) is 12.1 Å². The molecule has 1 fully saturated rings. The maximum Gasteiger partial charge on any atom is 0.309 e. The van der Waals surface area contributed by atoms with Gasteiger partial charge in [0.1, 0.15) is 10.6 Å². The lowest BCUT2D eigenvalue weighted by molar-refractivity contribution is -0.384. The number of benzene rings is 1. The number of carbonyl (C=O) groups is 1. The third kappa shape index (κ3) is 4.93. The molecule has 0 atom stereocenters. The minimum absolute atomic E-state index is 0.0737. The summed E-state index contributed by atoms with van der Waals surface area (Å²) in [7, 11) is 0. The lowest BCUT2D eigenvalue weighted by Crippen LogP contribution is -2.38. The summed E-state index contributed by atoms with van der Waals surface area (Å²) in [5, 5.41) is 15.7. The van der Waals surface area contributed by atoms with Crippen molar-refractivity contribution in [2.45, 2.75) is 52.0 Å². The van der Waals surface area contributed by atoms with Crippen LogP contribution < -0.4 is 10.2 Å². The summed E-state index contributed by atoms with van der Waals surface area (Å²) >= 11 is 1.75. The number of esters is 1. The SMILES string of the molecule is CCOC(=O)C1CCN(c2nc(NCc3cccc([N+](=O)[O-])c3)c3c4c(sc3n2)CCCC4)CC1. The highest BCUT2D eigenvalue weighted by molar-refractivity contribution is 7.19. The maximum absolute atomic E-state index is 12.1. The van der Waals surface area contributed by atoms with E-state index >= 15 is 0 Å². The van der Waals surface area contributed by atoms with Gasteiger partial charge >= 0.3 is 5.97 Å². The Morgan fingerprint density at radius 2 is 2.06 bits per heavy atom. The molecular formula is C25H29N5O4S. The fourth-order valence-corrected chi connectivity index (χ4v) is 6.21. The van der Waals surface area contributed by atoms with Crippen LogP contribution in [-0.4, -0.2) is 40.6 Å². The maximum atomic E-state index is 12.1. The van der Waals surface area contributed by atoms with E-state index in [0.29, 0.717) is 32.2 Å². The first-order chi connectivity index (χ1) is 17.0. The first-order valence-electron chi connectivity index (χ1n) is 12.2. The molecule has 2 aromatic heterocycles. The molecular weight excluding hydrogens is 466 g/mol. The Morgan fingerprint density at radius 1 is 1.26 bits per heavy atom. The van der Waals surface area contributed by atoms with Gasteiger partial charge in [-0.25, -0.2) is 4.98 Å². The molecule has 0 amide bonds. The Labute approximate surface area is 207 Å². The van der Waals surface area contributed by atoms with Crippen LogP contribution in [0.4, 0.5) is 17.5 Å². The minimum atomic E-state index is -0.375. The number of piperidine rings is 1. The fourth-order valence-electron chi connectivity index (χ4n) is 4.96. The molecule has 1 aromatic carbocycles. The minimum Gasteiger partial charge on any atom is -0.466 e. The van der Waals surface area contributed by atoms with Crippen LogP contribution in [0.1, 0.15) is 48.6 Å². The van der Waals surface area contributed by atoms with E-state index < -0.39 is 0 Å². The van der Waals surface area contributed by atoms with Crippen LogP contribution in [0.2, 0.25) is 0 Å². The highest BCUT2D eigenvalue weighted by atomic mass is 32.1. The predicted molar refractivity (Wildman–Crippen MR) is 136 cm³/mol. The number of nitrogens with one attached hydrogen (secondary N) is 1. The molecule has 1 aliphatic carbocycles. The molecule has 2 aliphatic rings. The number of non-ortho nitro benzene ring substituents is 1. The second-order valence-corrected chi connectivity index (χ2v) is 10.1. The van der Waals surface area contributed by atoms with Crippen molar-refractivity contribution in [1.82, 2.24) is 9.97 Å². The second-order valence-electron chi connectivity index (χ2n) is 9.06. The van der Waals surface area contributed by atoms with Crippen LogP contribution in [-0.2, 0) is 28.9 Å². The summed E-state index contributed by atoms with van der Waals surface area (Å²) in [5.41, 5.74) is 2.24. The number of fused-ring (bicyclic) bond motifs is 3. The molecule has 0 radical (unpaired) electrons. The largest absolute Gasteiger partial charge is 0.466 e.